The lowest BCUT2D eigenvalue weighted by atomic mass is 9.92. The number of carbonyl (C=O) groups is 3. The Morgan fingerprint density at radius 1 is 1.06 bits per heavy atom. The van der Waals surface area contributed by atoms with Crippen molar-refractivity contribution in [3.63, 3.8) is 0 Å². The molecule has 4 rings (SSSR count). The molecule has 34 heavy (non-hydrogen) atoms. The van der Waals surface area contributed by atoms with Crippen LogP contribution >= 0.6 is 0 Å². The first-order valence-electron chi connectivity index (χ1n) is 12.1. The number of carbonyl (C=O) groups excluding carboxylic acids is 2. The van der Waals surface area contributed by atoms with Crippen molar-refractivity contribution in [1.29, 1.82) is 0 Å². The zero-order chi connectivity index (χ0) is 24.2. The Morgan fingerprint density at radius 2 is 1.68 bits per heavy atom. The molecule has 7 heteroatoms. The van der Waals surface area contributed by atoms with Gasteiger partial charge >= 0.3 is 12.1 Å². The number of hydrogen-bond donors (Lipinski definition) is 2. The molecule has 0 saturated carbocycles. The van der Waals surface area contributed by atoms with Gasteiger partial charge in [0.05, 0.1) is 5.92 Å². The van der Waals surface area contributed by atoms with Crippen molar-refractivity contribution in [2.75, 3.05) is 13.2 Å². The van der Waals surface area contributed by atoms with Crippen LogP contribution in [0.2, 0.25) is 0 Å². The third-order valence-electron chi connectivity index (χ3n) is 7.03. The van der Waals surface area contributed by atoms with Crippen LogP contribution in [0.4, 0.5) is 4.79 Å². The van der Waals surface area contributed by atoms with Crippen molar-refractivity contribution < 1.29 is 24.2 Å². The maximum absolute atomic E-state index is 13.3. The minimum absolute atomic E-state index is 0.0584. The SMILES string of the molecule is CCC[C@H](NC(=O)OCC1c2ccccc2-c2ccccc21)C(=O)N1CC(C(=O)O)CCC1C. The molecule has 0 spiro atoms. The molecular weight excluding hydrogens is 432 g/mol. The highest BCUT2D eigenvalue weighted by molar-refractivity contribution is 5.86. The van der Waals surface area contributed by atoms with Crippen molar-refractivity contribution in [1.82, 2.24) is 10.2 Å². The van der Waals surface area contributed by atoms with Gasteiger partial charge in [-0.05, 0) is 48.4 Å². The van der Waals surface area contributed by atoms with E-state index in [9.17, 15) is 19.5 Å². The molecule has 3 atom stereocenters. The maximum Gasteiger partial charge on any atom is 0.407 e. The van der Waals surface area contributed by atoms with Crippen molar-refractivity contribution in [2.24, 2.45) is 5.92 Å². The number of carboxylic acid groups (broad SMARTS) is 1. The number of carboxylic acids is 1. The van der Waals surface area contributed by atoms with Gasteiger partial charge in [0.1, 0.15) is 12.6 Å². The maximum atomic E-state index is 13.3. The third kappa shape index (κ3) is 4.79. The smallest absolute Gasteiger partial charge is 0.407 e. The van der Waals surface area contributed by atoms with Crippen molar-refractivity contribution in [3.8, 4) is 11.1 Å². The average molecular weight is 465 g/mol. The van der Waals surface area contributed by atoms with Crippen LogP contribution in [0.3, 0.4) is 0 Å². The van der Waals surface area contributed by atoms with Crippen LogP contribution < -0.4 is 5.32 Å². The summed E-state index contributed by atoms with van der Waals surface area (Å²) in [5.74, 6) is -1.76. The van der Waals surface area contributed by atoms with E-state index < -0.39 is 24.0 Å². The van der Waals surface area contributed by atoms with E-state index in [2.05, 4.69) is 29.6 Å². The van der Waals surface area contributed by atoms with E-state index >= 15 is 0 Å². The fraction of sp³-hybridized carbons (Fsp3) is 0.444. The highest BCUT2D eigenvalue weighted by atomic mass is 16.5. The summed E-state index contributed by atoms with van der Waals surface area (Å²) in [5.41, 5.74) is 4.55. The van der Waals surface area contributed by atoms with E-state index in [1.165, 1.54) is 0 Å². The van der Waals surface area contributed by atoms with E-state index in [0.29, 0.717) is 25.7 Å². The summed E-state index contributed by atoms with van der Waals surface area (Å²) in [6.45, 7) is 4.21. The summed E-state index contributed by atoms with van der Waals surface area (Å²) in [6.07, 6.45) is 1.72. The molecule has 2 amide bonds. The number of alkyl carbamates (subject to hydrolysis) is 1. The number of hydrogen-bond acceptors (Lipinski definition) is 4. The number of likely N-dealkylation sites (tertiary alicyclic amines) is 1. The molecule has 1 heterocycles. The van der Waals surface area contributed by atoms with E-state index in [0.717, 1.165) is 22.3 Å². The zero-order valence-electron chi connectivity index (χ0n) is 19.7. The average Bonchev–Trinajstić information content (AvgIpc) is 3.16. The van der Waals surface area contributed by atoms with E-state index in [-0.39, 0.29) is 31.0 Å². The predicted molar refractivity (Wildman–Crippen MR) is 128 cm³/mol. The first kappa shape index (κ1) is 23.8. The van der Waals surface area contributed by atoms with Gasteiger partial charge in [-0.15, -0.1) is 0 Å². The highest BCUT2D eigenvalue weighted by Gasteiger charge is 2.36. The summed E-state index contributed by atoms with van der Waals surface area (Å²) < 4.78 is 5.63. The summed E-state index contributed by atoms with van der Waals surface area (Å²) in [7, 11) is 0. The van der Waals surface area contributed by atoms with E-state index in [1.807, 2.05) is 38.1 Å². The number of amides is 2. The quantitative estimate of drug-likeness (QED) is 0.633. The largest absolute Gasteiger partial charge is 0.481 e. The van der Waals surface area contributed by atoms with Gasteiger partial charge in [0.25, 0.3) is 0 Å². The number of benzene rings is 2. The molecule has 1 fully saturated rings. The molecule has 7 nitrogen and oxygen atoms in total. The standard InChI is InChI=1S/C27H32N2O5/c1-3-8-24(25(30)29-15-18(26(31)32)14-13-17(29)2)28-27(33)34-16-23-21-11-6-4-9-19(21)20-10-5-7-12-22(20)23/h4-7,9-12,17-18,23-24H,3,8,13-16H2,1-2H3,(H,28,33)(H,31,32)/t17?,18?,24-/m0/s1. The normalized spacial score (nSPS) is 20.2. The van der Waals surface area contributed by atoms with Gasteiger partial charge in [0, 0.05) is 18.5 Å². The van der Waals surface area contributed by atoms with E-state index in [4.69, 9.17) is 4.74 Å². The predicted octanol–water partition coefficient (Wildman–Crippen LogP) is 4.41. The number of nitrogens with zero attached hydrogens (tertiary/aromatic N) is 1. The van der Waals surface area contributed by atoms with Crippen LogP contribution in [0.25, 0.3) is 11.1 Å². The Hall–Kier alpha value is -3.35. The molecule has 180 valence electrons. The van der Waals surface area contributed by atoms with Gasteiger partial charge in [-0.25, -0.2) is 4.79 Å². The van der Waals surface area contributed by atoms with Gasteiger partial charge < -0.3 is 20.1 Å². The molecule has 0 bridgehead atoms. The van der Waals surface area contributed by atoms with E-state index in [1.54, 1.807) is 4.90 Å². The number of ether oxygens (including phenoxy) is 1. The van der Waals surface area contributed by atoms with Gasteiger partial charge in [-0.2, -0.15) is 0 Å². The number of fused-ring (bicyclic) bond motifs is 3. The van der Waals surface area contributed by atoms with Gasteiger partial charge in [0.15, 0.2) is 0 Å². The second-order valence-electron chi connectivity index (χ2n) is 9.26. The second kappa shape index (κ2) is 10.3. The molecule has 1 saturated heterocycles. The molecule has 0 aromatic heterocycles. The molecule has 1 aliphatic carbocycles. The topological polar surface area (TPSA) is 95.9 Å². The van der Waals surface area contributed by atoms with Gasteiger partial charge in [0.2, 0.25) is 5.91 Å². The monoisotopic (exact) mass is 464 g/mol. The van der Waals surface area contributed by atoms with Crippen LogP contribution in [0.1, 0.15) is 56.6 Å². The Morgan fingerprint density at radius 3 is 2.26 bits per heavy atom. The van der Waals surface area contributed by atoms with Crippen molar-refractivity contribution >= 4 is 18.0 Å². The highest BCUT2D eigenvalue weighted by Crippen LogP contribution is 2.44. The van der Waals surface area contributed by atoms with Crippen LogP contribution in [-0.4, -0.2) is 53.2 Å². The van der Waals surface area contributed by atoms with Crippen molar-refractivity contribution in [2.45, 2.75) is 57.5 Å². The summed E-state index contributed by atoms with van der Waals surface area (Å²) in [5, 5.41) is 12.1. The zero-order valence-corrected chi connectivity index (χ0v) is 19.7. The molecule has 2 aromatic rings. The molecule has 1 aliphatic heterocycles. The molecule has 2 unspecified atom stereocenters. The molecule has 2 aliphatic rings. The fourth-order valence-electron chi connectivity index (χ4n) is 5.14. The Bertz CT molecular complexity index is 1020. The number of aliphatic carboxylic acids is 1. The number of rotatable bonds is 7. The van der Waals surface area contributed by atoms with Crippen molar-refractivity contribution in [3.05, 3.63) is 59.7 Å². The lowest BCUT2D eigenvalue weighted by Gasteiger charge is -2.38. The second-order valence-corrected chi connectivity index (χ2v) is 9.26. The minimum Gasteiger partial charge on any atom is -0.481 e. The van der Waals surface area contributed by atoms with Gasteiger partial charge in [-0.3, -0.25) is 9.59 Å². The minimum atomic E-state index is -0.888. The summed E-state index contributed by atoms with van der Waals surface area (Å²) in [4.78, 5) is 39.1. The fourth-order valence-corrected chi connectivity index (χ4v) is 5.14. The van der Waals surface area contributed by atoms with Crippen LogP contribution in [0.15, 0.2) is 48.5 Å². The van der Waals surface area contributed by atoms with Crippen LogP contribution in [0.5, 0.6) is 0 Å². The third-order valence-corrected chi connectivity index (χ3v) is 7.03. The Labute approximate surface area is 200 Å². The Balaban J connectivity index is 1.42. The van der Waals surface area contributed by atoms with Crippen LogP contribution in [-0.2, 0) is 14.3 Å². The molecule has 2 aromatic carbocycles. The first-order chi connectivity index (χ1) is 16.4. The molecular formula is C27H32N2O5. The van der Waals surface area contributed by atoms with Gasteiger partial charge in [-0.1, -0.05) is 61.9 Å². The summed E-state index contributed by atoms with van der Waals surface area (Å²) >= 11 is 0. The lowest BCUT2D eigenvalue weighted by Crippen LogP contribution is -2.55. The lowest BCUT2D eigenvalue weighted by molar-refractivity contribution is -0.148. The number of piperidine rings is 1. The van der Waals surface area contributed by atoms with Crippen LogP contribution in [0, 0.1) is 5.92 Å². The molecule has 0 radical (unpaired) electrons. The Kier molecular flexibility index (Phi) is 7.20. The molecule has 2 N–H and O–H groups in total. The summed E-state index contributed by atoms with van der Waals surface area (Å²) in [6, 6.07) is 15.4. The first-order valence-corrected chi connectivity index (χ1v) is 12.1. The number of nitrogens with one attached hydrogen (secondary N) is 1.